The highest BCUT2D eigenvalue weighted by molar-refractivity contribution is 7.30. The van der Waals surface area contributed by atoms with Crippen molar-refractivity contribution in [2.75, 3.05) is 0 Å². The van der Waals surface area contributed by atoms with E-state index in [0.717, 1.165) is 5.56 Å². The molecule has 1 unspecified atom stereocenters. The number of halogens is 1. The van der Waals surface area contributed by atoms with Crippen LogP contribution in [-0.4, -0.2) is 4.89 Å². The molecular formula is C7H8FOP. The Morgan fingerprint density at radius 3 is 2.40 bits per heavy atom. The predicted octanol–water partition coefficient (Wildman–Crippen LogP) is 1.91. The van der Waals surface area contributed by atoms with Gasteiger partial charge in [0.15, 0.2) is 0 Å². The smallest absolute Gasteiger partial charge is 0.123 e. The fourth-order valence-electron chi connectivity index (χ4n) is 0.694. The summed E-state index contributed by atoms with van der Waals surface area (Å²) in [6, 6.07) is 6.15. The van der Waals surface area contributed by atoms with E-state index in [9.17, 15) is 4.39 Å². The molecule has 0 aliphatic carbocycles. The predicted molar refractivity (Wildman–Crippen MR) is 40.6 cm³/mol. The van der Waals surface area contributed by atoms with Crippen molar-refractivity contribution >= 4 is 8.81 Å². The van der Waals surface area contributed by atoms with Gasteiger partial charge in [0, 0.05) is 15.0 Å². The quantitative estimate of drug-likeness (QED) is 0.652. The van der Waals surface area contributed by atoms with Crippen molar-refractivity contribution in [2.45, 2.75) is 6.16 Å². The first-order chi connectivity index (χ1) is 4.83. The van der Waals surface area contributed by atoms with E-state index in [1.165, 1.54) is 12.1 Å². The summed E-state index contributed by atoms with van der Waals surface area (Å²) in [6.07, 6.45) is 0.625. The highest BCUT2D eigenvalue weighted by Crippen LogP contribution is 2.13. The lowest BCUT2D eigenvalue weighted by Crippen LogP contribution is -1.78. The van der Waals surface area contributed by atoms with E-state index in [0.29, 0.717) is 6.16 Å². The maximum atomic E-state index is 12.3. The second-order valence-corrected chi connectivity index (χ2v) is 2.63. The third-order valence-electron chi connectivity index (χ3n) is 1.20. The van der Waals surface area contributed by atoms with Crippen LogP contribution in [0.1, 0.15) is 5.56 Å². The maximum Gasteiger partial charge on any atom is 0.123 e. The van der Waals surface area contributed by atoms with Crippen LogP contribution in [-0.2, 0) is 6.16 Å². The van der Waals surface area contributed by atoms with Crippen LogP contribution in [0.3, 0.4) is 0 Å². The summed E-state index contributed by atoms with van der Waals surface area (Å²) in [7, 11) is -0.0904. The summed E-state index contributed by atoms with van der Waals surface area (Å²) in [5.41, 5.74) is 0.974. The van der Waals surface area contributed by atoms with Gasteiger partial charge in [0.1, 0.15) is 5.82 Å². The van der Waals surface area contributed by atoms with Crippen molar-refractivity contribution in [3.63, 3.8) is 0 Å². The molecule has 0 aliphatic rings. The fraction of sp³-hybridized carbons (Fsp3) is 0.143. The third-order valence-corrected chi connectivity index (χ3v) is 1.76. The molecule has 3 heteroatoms. The van der Waals surface area contributed by atoms with Gasteiger partial charge in [0.05, 0.1) is 0 Å². The van der Waals surface area contributed by atoms with Crippen molar-refractivity contribution in [3.8, 4) is 0 Å². The number of rotatable bonds is 2. The van der Waals surface area contributed by atoms with E-state index in [2.05, 4.69) is 0 Å². The molecule has 0 saturated carbocycles. The molecule has 54 valence electrons. The first-order valence-electron chi connectivity index (χ1n) is 2.94. The molecule has 1 aromatic rings. The molecule has 1 aromatic carbocycles. The minimum Gasteiger partial charge on any atom is -0.377 e. The first kappa shape index (κ1) is 7.64. The van der Waals surface area contributed by atoms with Gasteiger partial charge in [0.25, 0.3) is 0 Å². The van der Waals surface area contributed by atoms with Crippen LogP contribution >= 0.6 is 8.81 Å². The van der Waals surface area contributed by atoms with Gasteiger partial charge in [-0.05, 0) is 17.7 Å². The van der Waals surface area contributed by atoms with E-state index in [4.69, 9.17) is 4.89 Å². The largest absolute Gasteiger partial charge is 0.377 e. The molecule has 0 aromatic heterocycles. The SMILES string of the molecule is OPCc1ccc(F)cc1. The Labute approximate surface area is 60.8 Å². The minimum absolute atomic E-state index is 0.0904. The van der Waals surface area contributed by atoms with Crippen molar-refractivity contribution < 1.29 is 9.28 Å². The fourth-order valence-corrected chi connectivity index (χ4v) is 1.11. The lowest BCUT2D eigenvalue weighted by molar-refractivity contribution is 0.626. The molecule has 1 N–H and O–H groups in total. The number of hydrogen-bond donors (Lipinski definition) is 1. The van der Waals surface area contributed by atoms with E-state index in [1.54, 1.807) is 12.1 Å². The van der Waals surface area contributed by atoms with Crippen LogP contribution in [0, 0.1) is 5.82 Å². The Balaban J connectivity index is 2.69. The molecule has 0 radical (unpaired) electrons. The molecule has 0 fully saturated rings. The Bertz CT molecular complexity index is 197. The van der Waals surface area contributed by atoms with E-state index in [1.807, 2.05) is 0 Å². The van der Waals surface area contributed by atoms with Crippen LogP contribution in [0.2, 0.25) is 0 Å². The van der Waals surface area contributed by atoms with E-state index >= 15 is 0 Å². The average molecular weight is 158 g/mol. The van der Waals surface area contributed by atoms with Crippen molar-refractivity contribution in [1.29, 1.82) is 0 Å². The van der Waals surface area contributed by atoms with Crippen molar-refractivity contribution in [3.05, 3.63) is 35.6 Å². The number of hydrogen-bond acceptors (Lipinski definition) is 1. The van der Waals surface area contributed by atoms with Crippen LogP contribution in [0.15, 0.2) is 24.3 Å². The standard InChI is InChI=1S/C7H8FOP/c8-7-3-1-6(2-4-7)5-10-9/h1-4,9-10H,5H2. The van der Waals surface area contributed by atoms with Gasteiger partial charge in [-0.25, -0.2) is 4.39 Å². The zero-order valence-corrected chi connectivity index (χ0v) is 6.34. The third kappa shape index (κ3) is 2.05. The summed E-state index contributed by atoms with van der Waals surface area (Å²) < 4.78 is 12.3. The molecule has 0 bridgehead atoms. The Morgan fingerprint density at radius 1 is 1.30 bits per heavy atom. The molecular weight excluding hydrogens is 150 g/mol. The van der Waals surface area contributed by atoms with Crippen LogP contribution in [0.25, 0.3) is 0 Å². The molecule has 0 saturated heterocycles. The monoisotopic (exact) mass is 158 g/mol. The highest BCUT2D eigenvalue weighted by Gasteiger charge is 1.90. The average Bonchev–Trinajstić information content (AvgIpc) is 1.95. The zero-order chi connectivity index (χ0) is 7.40. The molecule has 1 rings (SSSR count). The molecule has 1 atom stereocenters. The van der Waals surface area contributed by atoms with Crippen LogP contribution in [0.5, 0.6) is 0 Å². The van der Waals surface area contributed by atoms with Gasteiger partial charge in [-0.2, -0.15) is 0 Å². The minimum atomic E-state index is -0.231. The summed E-state index contributed by atoms with van der Waals surface area (Å²) in [5, 5.41) is 0. The topological polar surface area (TPSA) is 20.2 Å². The summed E-state index contributed by atoms with van der Waals surface area (Å²) in [6.45, 7) is 0. The second-order valence-electron chi connectivity index (χ2n) is 1.96. The second kappa shape index (κ2) is 3.65. The molecule has 0 spiro atoms. The maximum absolute atomic E-state index is 12.3. The molecule has 1 nitrogen and oxygen atoms in total. The van der Waals surface area contributed by atoms with Crippen LogP contribution < -0.4 is 0 Å². The van der Waals surface area contributed by atoms with Crippen molar-refractivity contribution in [2.24, 2.45) is 0 Å². The van der Waals surface area contributed by atoms with Gasteiger partial charge in [0.2, 0.25) is 0 Å². The Morgan fingerprint density at radius 2 is 1.90 bits per heavy atom. The van der Waals surface area contributed by atoms with Gasteiger partial charge < -0.3 is 4.89 Å². The molecule has 0 heterocycles. The van der Waals surface area contributed by atoms with E-state index < -0.39 is 0 Å². The number of benzene rings is 1. The molecule has 0 aliphatic heterocycles. The zero-order valence-electron chi connectivity index (χ0n) is 5.34. The van der Waals surface area contributed by atoms with Gasteiger partial charge in [-0.3, -0.25) is 0 Å². The lowest BCUT2D eigenvalue weighted by atomic mass is 10.2. The van der Waals surface area contributed by atoms with Gasteiger partial charge in [-0.1, -0.05) is 12.1 Å². The Kier molecular flexibility index (Phi) is 2.79. The van der Waals surface area contributed by atoms with Crippen molar-refractivity contribution in [1.82, 2.24) is 0 Å². The van der Waals surface area contributed by atoms with Gasteiger partial charge in [-0.15, -0.1) is 0 Å². The molecule has 10 heavy (non-hydrogen) atoms. The van der Waals surface area contributed by atoms with E-state index in [-0.39, 0.29) is 14.6 Å². The summed E-state index contributed by atoms with van der Waals surface area (Å²) in [5.74, 6) is -0.231. The summed E-state index contributed by atoms with van der Waals surface area (Å²) >= 11 is 0. The first-order valence-corrected chi connectivity index (χ1v) is 4.10. The lowest BCUT2D eigenvalue weighted by Gasteiger charge is -1.94. The summed E-state index contributed by atoms with van der Waals surface area (Å²) in [4.78, 5) is 8.52. The van der Waals surface area contributed by atoms with Crippen LogP contribution in [0.4, 0.5) is 4.39 Å². The van der Waals surface area contributed by atoms with Gasteiger partial charge >= 0.3 is 0 Å². The highest BCUT2D eigenvalue weighted by atomic mass is 31.1. The normalized spacial score (nSPS) is 11.0. The Hall–Kier alpha value is -0.460. The molecule has 0 amide bonds.